The molecule has 1 N–H and O–H groups in total. The van der Waals surface area contributed by atoms with Crippen LogP contribution in [0.3, 0.4) is 0 Å². The highest BCUT2D eigenvalue weighted by Crippen LogP contribution is 2.37. The number of nitrogens with one attached hydrogen (secondary N) is 1. The molecule has 1 aromatic heterocycles. The van der Waals surface area contributed by atoms with Crippen LogP contribution in [0.15, 0.2) is 90.8 Å². The summed E-state index contributed by atoms with van der Waals surface area (Å²) in [7, 11) is 3.17. The first kappa shape index (κ1) is 23.6. The Hall–Kier alpha value is -4.52. The fourth-order valence-corrected chi connectivity index (χ4v) is 3.39. The highest BCUT2D eigenvalue weighted by Gasteiger charge is 2.12. The van der Waals surface area contributed by atoms with Gasteiger partial charge < -0.3 is 24.3 Å². The van der Waals surface area contributed by atoms with Gasteiger partial charge in [0.1, 0.15) is 18.1 Å². The van der Waals surface area contributed by atoms with Crippen LogP contribution in [0, 0.1) is 0 Å². The number of aromatic nitrogens is 1. The molecule has 1 amide bonds. The lowest BCUT2D eigenvalue weighted by atomic mass is 10.2. The van der Waals surface area contributed by atoms with Gasteiger partial charge in [0, 0.05) is 28.9 Å². The molecule has 0 fully saturated rings. The predicted octanol–water partition coefficient (Wildman–Crippen LogP) is 6.10. The zero-order valence-electron chi connectivity index (χ0n) is 19.8. The Labute approximate surface area is 203 Å². The van der Waals surface area contributed by atoms with Crippen molar-refractivity contribution in [1.82, 2.24) is 4.98 Å². The van der Waals surface area contributed by atoms with Crippen LogP contribution in [-0.4, -0.2) is 25.1 Å². The topological polar surface area (TPSA) is 78.9 Å². The maximum absolute atomic E-state index is 12.5. The summed E-state index contributed by atoms with van der Waals surface area (Å²) in [6.07, 6.45) is 3.14. The zero-order chi connectivity index (χ0) is 24.6. The summed E-state index contributed by atoms with van der Waals surface area (Å²) >= 11 is 0. The highest BCUT2D eigenvalue weighted by atomic mass is 16.5. The van der Waals surface area contributed by atoms with Gasteiger partial charge in [-0.05, 0) is 48.9 Å². The van der Waals surface area contributed by atoms with E-state index in [4.69, 9.17) is 18.9 Å². The standard InChI is InChI=1S/C28H26N2O5/c1-19(17-34-18-20-7-5-4-6-8-20)28(31)30-21-9-11-22(12-10-21)35-25-13-14-29-24-16-27(33-3)26(32-2)15-23(24)25/h4-17H,18H2,1-3H3,(H,30,31)/b19-17+. The molecule has 0 saturated carbocycles. The van der Waals surface area contributed by atoms with Crippen molar-refractivity contribution in [2.45, 2.75) is 13.5 Å². The van der Waals surface area contributed by atoms with Crippen LogP contribution < -0.4 is 19.5 Å². The van der Waals surface area contributed by atoms with Crippen molar-refractivity contribution in [3.63, 3.8) is 0 Å². The number of ether oxygens (including phenoxy) is 4. The summed E-state index contributed by atoms with van der Waals surface area (Å²) in [5, 5.41) is 3.65. The van der Waals surface area contributed by atoms with Crippen molar-refractivity contribution in [3.05, 3.63) is 96.4 Å². The number of pyridine rings is 1. The number of nitrogens with zero attached hydrogens (tertiary/aromatic N) is 1. The average Bonchev–Trinajstić information content (AvgIpc) is 2.89. The molecule has 7 heteroatoms. The van der Waals surface area contributed by atoms with Gasteiger partial charge in [-0.3, -0.25) is 9.78 Å². The molecule has 3 aromatic carbocycles. The Morgan fingerprint density at radius 2 is 1.63 bits per heavy atom. The average molecular weight is 471 g/mol. The van der Waals surface area contributed by atoms with E-state index in [9.17, 15) is 4.79 Å². The van der Waals surface area contributed by atoms with Gasteiger partial charge >= 0.3 is 0 Å². The summed E-state index contributed by atoms with van der Waals surface area (Å²) < 4.78 is 22.4. The highest BCUT2D eigenvalue weighted by molar-refractivity contribution is 6.03. The molecule has 178 valence electrons. The molecular formula is C28H26N2O5. The third-order valence-corrected chi connectivity index (χ3v) is 5.26. The van der Waals surface area contributed by atoms with Gasteiger partial charge in [-0.25, -0.2) is 0 Å². The Balaban J connectivity index is 1.40. The van der Waals surface area contributed by atoms with Gasteiger partial charge in [-0.2, -0.15) is 0 Å². The number of amides is 1. The van der Waals surface area contributed by atoms with Crippen molar-refractivity contribution in [2.75, 3.05) is 19.5 Å². The fraction of sp³-hybridized carbons (Fsp3) is 0.143. The Bertz CT molecular complexity index is 1340. The quantitative estimate of drug-likeness (QED) is 0.235. The summed E-state index contributed by atoms with van der Waals surface area (Å²) in [6, 6.07) is 22.3. The van der Waals surface area contributed by atoms with E-state index in [0.717, 1.165) is 16.5 Å². The number of fused-ring (bicyclic) bond motifs is 1. The van der Waals surface area contributed by atoms with Gasteiger partial charge in [-0.1, -0.05) is 30.3 Å². The second-order valence-electron chi connectivity index (χ2n) is 7.71. The van der Waals surface area contributed by atoms with Gasteiger partial charge in [-0.15, -0.1) is 0 Å². The van der Waals surface area contributed by atoms with Gasteiger partial charge in [0.15, 0.2) is 11.5 Å². The SMILES string of the molecule is COc1cc2nccc(Oc3ccc(NC(=O)/C(C)=C/OCc4ccccc4)cc3)c2cc1OC. The van der Waals surface area contributed by atoms with Crippen LogP contribution in [0.5, 0.6) is 23.0 Å². The minimum atomic E-state index is -0.243. The van der Waals surface area contributed by atoms with E-state index in [1.165, 1.54) is 6.26 Å². The monoisotopic (exact) mass is 470 g/mol. The first-order chi connectivity index (χ1) is 17.1. The largest absolute Gasteiger partial charge is 0.496 e. The Morgan fingerprint density at radius 1 is 0.914 bits per heavy atom. The van der Waals surface area contributed by atoms with Crippen LogP contribution in [0.25, 0.3) is 10.9 Å². The maximum atomic E-state index is 12.5. The summed E-state index contributed by atoms with van der Waals surface area (Å²) in [6.45, 7) is 2.11. The number of benzene rings is 3. The third-order valence-electron chi connectivity index (χ3n) is 5.26. The minimum Gasteiger partial charge on any atom is -0.496 e. The van der Waals surface area contributed by atoms with E-state index >= 15 is 0 Å². The number of anilines is 1. The van der Waals surface area contributed by atoms with Crippen LogP contribution in [0.1, 0.15) is 12.5 Å². The summed E-state index contributed by atoms with van der Waals surface area (Å²) in [4.78, 5) is 16.9. The predicted molar refractivity (Wildman–Crippen MR) is 135 cm³/mol. The minimum absolute atomic E-state index is 0.243. The van der Waals surface area contributed by atoms with E-state index in [-0.39, 0.29) is 5.91 Å². The number of hydrogen-bond acceptors (Lipinski definition) is 6. The lowest BCUT2D eigenvalue weighted by molar-refractivity contribution is -0.113. The van der Waals surface area contributed by atoms with E-state index < -0.39 is 0 Å². The van der Waals surface area contributed by atoms with E-state index in [0.29, 0.717) is 40.9 Å². The fourth-order valence-electron chi connectivity index (χ4n) is 3.39. The number of carbonyl (C=O) groups is 1. The molecule has 4 rings (SSSR count). The van der Waals surface area contributed by atoms with Gasteiger partial charge in [0.05, 0.1) is 26.0 Å². The molecule has 1 heterocycles. The van der Waals surface area contributed by atoms with Crippen LogP contribution in [0.2, 0.25) is 0 Å². The molecule has 0 aliphatic heterocycles. The molecule has 0 unspecified atom stereocenters. The van der Waals surface area contributed by atoms with Gasteiger partial charge in [0.25, 0.3) is 5.91 Å². The molecule has 0 spiro atoms. The normalized spacial score (nSPS) is 11.1. The Kier molecular flexibility index (Phi) is 7.47. The lowest BCUT2D eigenvalue weighted by Gasteiger charge is -2.13. The second-order valence-corrected chi connectivity index (χ2v) is 7.71. The molecule has 4 aromatic rings. The van der Waals surface area contributed by atoms with Crippen molar-refractivity contribution in [3.8, 4) is 23.0 Å². The molecular weight excluding hydrogens is 444 g/mol. The van der Waals surface area contributed by atoms with Crippen molar-refractivity contribution in [2.24, 2.45) is 0 Å². The number of rotatable bonds is 9. The lowest BCUT2D eigenvalue weighted by Crippen LogP contribution is -2.12. The first-order valence-electron chi connectivity index (χ1n) is 11.0. The molecule has 0 atom stereocenters. The molecule has 35 heavy (non-hydrogen) atoms. The second kappa shape index (κ2) is 11.1. The smallest absolute Gasteiger partial charge is 0.254 e. The third kappa shape index (κ3) is 5.89. The number of methoxy groups -OCH3 is 2. The first-order valence-corrected chi connectivity index (χ1v) is 11.0. The number of hydrogen-bond donors (Lipinski definition) is 1. The van der Waals surface area contributed by atoms with Crippen molar-refractivity contribution < 1.29 is 23.7 Å². The molecule has 0 radical (unpaired) electrons. The summed E-state index contributed by atoms with van der Waals surface area (Å²) in [5.74, 6) is 2.19. The Morgan fingerprint density at radius 3 is 2.34 bits per heavy atom. The molecule has 7 nitrogen and oxygen atoms in total. The van der Waals surface area contributed by atoms with Crippen LogP contribution in [0.4, 0.5) is 5.69 Å². The van der Waals surface area contributed by atoms with Gasteiger partial charge in [0.2, 0.25) is 0 Å². The van der Waals surface area contributed by atoms with E-state index in [1.54, 1.807) is 63.7 Å². The molecule has 0 aliphatic rings. The van der Waals surface area contributed by atoms with E-state index in [2.05, 4.69) is 10.3 Å². The molecule has 0 bridgehead atoms. The summed E-state index contributed by atoms with van der Waals surface area (Å²) in [5.41, 5.74) is 2.87. The van der Waals surface area contributed by atoms with Crippen LogP contribution in [-0.2, 0) is 16.1 Å². The molecule has 0 saturated heterocycles. The number of carbonyl (C=O) groups excluding carboxylic acids is 1. The van der Waals surface area contributed by atoms with Crippen molar-refractivity contribution in [1.29, 1.82) is 0 Å². The zero-order valence-corrected chi connectivity index (χ0v) is 19.8. The van der Waals surface area contributed by atoms with Crippen molar-refractivity contribution >= 4 is 22.5 Å². The molecule has 0 aliphatic carbocycles. The maximum Gasteiger partial charge on any atom is 0.254 e. The van der Waals surface area contributed by atoms with E-state index in [1.807, 2.05) is 36.4 Å². The van der Waals surface area contributed by atoms with Crippen LogP contribution >= 0.6 is 0 Å².